The van der Waals surface area contributed by atoms with Gasteiger partial charge in [0.05, 0.1) is 24.8 Å². The van der Waals surface area contributed by atoms with Crippen LogP contribution in [-0.2, 0) is 36.9 Å². The van der Waals surface area contributed by atoms with E-state index in [0.29, 0.717) is 79.5 Å². The number of primary amides is 1. The van der Waals surface area contributed by atoms with E-state index in [2.05, 4.69) is 95.0 Å². The van der Waals surface area contributed by atoms with Gasteiger partial charge >= 0.3 is 0 Å². The van der Waals surface area contributed by atoms with Crippen LogP contribution in [-0.4, -0.2) is 173 Å². The number of benzene rings is 2. The molecule has 6 aliphatic rings. The van der Waals surface area contributed by atoms with Crippen LogP contribution in [0.5, 0.6) is 17.2 Å². The summed E-state index contributed by atoms with van der Waals surface area (Å²) < 4.78 is 5.99. The normalized spacial score (nSPS) is 21.6. The number of amides is 3. The lowest BCUT2D eigenvalue weighted by molar-refractivity contribution is -0.142. The predicted octanol–water partition coefficient (Wildman–Crippen LogP) is 6.91. The number of fused-ring (bicyclic) bond motifs is 5. The minimum Gasteiger partial charge on any atom is -0.508 e. The highest BCUT2D eigenvalue weighted by Crippen LogP contribution is 2.46. The van der Waals surface area contributed by atoms with Crippen molar-refractivity contribution in [1.29, 1.82) is 0 Å². The van der Waals surface area contributed by atoms with E-state index in [0.717, 1.165) is 100 Å². The van der Waals surface area contributed by atoms with Gasteiger partial charge in [-0.15, -0.1) is 5.06 Å². The van der Waals surface area contributed by atoms with Crippen molar-refractivity contribution in [3.05, 3.63) is 120 Å². The Hall–Kier alpha value is -6.99. The molecule has 5 unspecified atom stereocenters. The lowest BCUT2D eigenvalue weighted by atomic mass is 9.69. The molecule has 0 aromatic heterocycles. The van der Waals surface area contributed by atoms with Crippen molar-refractivity contribution in [3.63, 3.8) is 0 Å². The standard InChI is InChI=1S/C32H46N4O.C20H26N4O5.C12H18N2O2/c1-6-8-9-25(7-2)29-12-10-26-22-28(37)11-13-30(26)31(29)27(23-34-4)24-35-19-15-32(14-18-33-3)16-20-36(5)21-17-32;1-21-20(27)16(3-2-7-25)24-11-14-9-17-19(10-18(14)29-24)28-13-15-12-22(6-8-26)4-5-23(15)17;1-7(2)5-10(11(13)15)14-6-8(3)9(4)12(14)16/h6-9,11,13,22-24,29,31,33,37H,1,4,10,12,14-21H2,2-3,5H3;7-10,15-16H,2-6,11-13H2,1H3,(H,21,27);7,10H,3-6H2,1-2H3,(H2,13,15)/b9-8-,25-7+,27-23+,35-24?;;. The summed E-state index contributed by atoms with van der Waals surface area (Å²) in [5.41, 5.74) is 13.5. The number of nitrogens with two attached hydrogens (primary N) is 1. The number of phenolic OH excluding ortho intramolecular Hbond substituents is 1. The Morgan fingerprint density at radius 3 is 2.39 bits per heavy atom. The fourth-order valence-electron chi connectivity index (χ4n) is 12.1. The van der Waals surface area contributed by atoms with Crippen molar-refractivity contribution in [2.75, 3.05) is 91.6 Å². The summed E-state index contributed by atoms with van der Waals surface area (Å²) in [5.74, 6) is 1.59. The largest absolute Gasteiger partial charge is 0.508 e. The lowest BCUT2D eigenvalue weighted by Crippen LogP contribution is -2.57. The highest BCUT2D eigenvalue weighted by atomic mass is 16.7. The summed E-state index contributed by atoms with van der Waals surface area (Å²) in [7, 11) is 5.85. The number of likely N-dealkylation sites (N-methyl/N-ethyl adjacent to an activating group) is 1. The Kier molecular flexibility index (Phi) is 24.2. The highest BCUT2D eigenvalue weighted by Gasteiger charge is 2.40. The van der Waals surface area contributed by atoms with Crippen molar-refractivity contribution in [3.8, 4) is 17.2 Å². The molecule has 2 aromatic rings. The van der Waals surface area contributed by atoms with Gasteiger partial charge in [-0.1, -0.05) is 64.0 Å². The monoisotopic (exact) mass is 1130 g/mol. The minimum atomic E-state index is -0.552. The molecular weight excluding hydrogens is 1040 g/mol. The molecule has 18 heteroatoms. The molecule has 2 aromatic carbocycles. The van der Waals surface area contributed by atoms with Gasteiger partial charge in [0.1, 0.15) is 42.8 Å². The second-order valence-corrected chi connectivity index (χ2v) is 22.8. The summed E-state index contributed by atoms with van der Waals surface area (Å²) >= 11 is 0. The Bertz CT molecular complexity index is 2740. The highest BCUT2D eigenvalue weighted by molar-refractivity contribution is 6.02. The molecule has 5 N–H and O–H groups in total. The average Bonchev–Trinajstić information content (AvgIpc) is 4.06. The van der Waals surface area contributed by atoms with E-state index in [9.17, 15) is 29.1 Å². The number of anilines is 1. The Labute approximate surface area is 486 Å². The fourth-order valence-corrected chi connectivity index (χ4v) is 12.1. The van der Waals surface area contributed by atoms with Crippen molar-refractivity contribution in [2.45, 2.75) is 109 Å². The number of nitrogens with one attached hydrogen (secondary N) is 2. The van der Waals surface area contributed by atoms with Gasteiger partial charge in [-0.2, -0.15) is 0 Å². The SMILES string of the molecule is C=C/C=C\C(=C/C)C1CCc2cc(O)ccc2C1/C(C=NCCC1(CCNC)CCN(C)CC1)=C/N=C.C=C1CN(C(CC(C)C)C(N)=O)C(=O)C1=C.CNC(=O)C(CCC=O)N1Cc2cc3c(cc2O1)OCC1CN(CC=O)CCN31. The molecule has 8 rings (SSSR count). The van der Waals surface area contributed by atoms with E-state index in [1.165, 1.54) is 40.9 Å². The number of likely N-dealkylation sites (tertiary alicyclic amines) is 2. The number of phenols is 1. The summed E-state index contributed by atoms with van der Waals surface area (Å²) in [5, 5.41) is 17.8. The number of hydrogen-bond donors (Lipinski definition) is 4. The number of nitrogens with zero attached hydrogens (tertiary/aromatic N) is 7. The number of allylic oxidation sites excluding steroid dienone is 6. The van der Waals surface area contributed by atoms with Crippen LogP contribution >= 0.6 is 0 Å². The number of piperidine rings is 1. The smallest absolute Gasteiger partial charge is 0.254 e. The first kappa shape index (κ1) is 64.2. The predicted molar refractivity (Wildman–Crippen MR) is 326 cm³/mol. The number of aliphatic imine (C=N–C) groups is 2. The molecule has 0 radical (unpaired) electrons. The van der Waals surface area contributed by atoms with Crippen LogP contribution in [0.1, 0.15) is 94.7 Å². The number of hydrogen-bond acceptors (Lipinski definition) is 15. The topological polar surface area (TPSA) is 215 Å². The van der Waals surface area contributed by atoms with Crippen LogP contribution in [0.2, 0.25) is 0 Å². The summed E-state index contributed by atoms with van der Waals surface area (Å²) in [4.78, 5) is 80.6. The van der Waals surface area contributed by atoms with Gasteiger partial charge in [0.2, 0.25) is 11.8 Å². The van der Waals surface area contributed by atoms with Crippen molar-refractivity contribution >= 4 is 48.9 Å². The molecule has 82 heavy (non-hydrogen) atoms. The third-order valence-corrected chi connectivity index (χ3v) is 16.8. The number of carbonyl (C=O) groups excluding carboxylic acids is 5. The average molecular weight is 1130 g/mol. The number of aldehydes is 2. The molecular formula is C64H90N10O8. The van der Waals surface area contributed by atoms with Crippen LogP contribution in [0, 0.1) is 17.3 Å². The maximum Gasteiger partial charge on any atom is 0.254 e. The number of ether oxygens (including phenoxy) is 1. The van der Waals surface area contributed by atoms with Gasteiger partial charge in [0.15, 0.2) is 5.75 Å². The fraction of sp³-hybridized carbons (Fsp3) is 0.516. The molecule has 3 amide bonds. The van der Waals surface area contributed by atoms with Crippen LogP contribution in [0.4, 0.5) is 5.69 Å². The molecule has 5 atom stereocenters. The van der Waals surface area contributed by atoms with E-state index in [1.807, 2.05) is 57.6 Å². The van der Waals surface area contributed by atoms with Crippen LogP contribution in [0.15, 0.2) is 113 Å². The molecule has 0 spiro atoms. The van der Waals surface area contributed by atoms with Gasteiger partial charge in [0.25, 0.3) is 5.91 Å². The first-order valence-electron chi connectivity index (χ1n) is 29.0. The second-order valence-electron chi connectivity index (χ2n) is 22.8. The molecule has 444 valence electrons. The van der Waals surface area contributed by atoms with E-state index in [1.54, 1.807) is 18.2 Å². The van der Waals surface area contributed by atoms with Crippen LogP contribution in [0.25, 0.3) is 0 Å². The lowest BCUT2D eigenvalue weighted by Gasteiger charge is -2.45. The third-order valence-electron chi connectivity index (χ3n) is 16.8. The Morgan fingerprint density at radius 1 is 0.988 bits per heavy atom. The quantitative estimate of drug-likeness (QED) is 0.0386. The molecule has 18 nitrogen and oxygen atoms in total. The summed E-state index contributed by atoms with van der Waals surface area (Å²) in [6.07, 6.45) is 21.8. The Balaban J connectivity index is 0.000000213. The number of aromatic hydroxyl groups is 1. The second kappa shape index (κ2) is 30.9. The van der Waals surface area contributed by atoms with Gasteiger partial charge in [-0.3, -0.25) is 29.3 Å². The number of rotatable bonds is 23. The zero-order chi connectivity index (χ0) is 59.5. The molecule has 1 aliphatic carbocycles. The molecule has 5 heterocycles. The van der Waals surface area contributed by atoms with E-state index in [-0.39, 0.29) is 29.7 Å². The van der Waals surface area contributed by atoms with E-state index < -0.39 is 18.0 Å². The van der Waals surface area contributed by atoms with Crippen LogP contribution in [0.3, 0.4) is 0 Å². The van der Waals surface area contributed by atoms with E-state index >= 15 is 0 Å². The molecule has 3 saturated heterocycles. The molecule has 0 bridgehead atoms. The molecule has 0 saturated carbocycles. The minimum absolute atomic E-state index is 0.0980. The Morgan fingerprint density at radius 2 is 1.76 bits per heavy atom. The third kappa shape index (κ3) is 16.4. The maximum atomic E-state index is 12.3. The van der Waals surface area contributed by atoms with E-state index in [4.69, 9.17) is 20.3 Å². The van der Waals surface area contributed by atoms with Gasteiger partial charge in [-0.05, 0) is 162 Å². The summed E-state index contributed by atoms with van der Waals surface area (Å²) in [6.45, 7) is 29.6. The first-order valence-corrected chi connectivity index (χ1v) is 29.0. The van der Waals surface area contributed by atoms with Crippen LogP contribution < -0.4 is 30.8 Å². The number of hydroxylamine groups is 2. The molecule has 5 aliphatic heterocycles. The van der Waals surface area contributed by atoms with Gasteiger partial charge in [0, 0.05) is 81.7 Å². The number of piperazine rings is 1. The maximum absolute atomic E-state index is 12.3. The van der Waals surface area contributed by atoms with Crippen molar-refractivity contribution in [2.24, 2.45) is 33.0 Å². The zero-order valence-corrected chi connectivity index (χ0v) is 49.5. The van der Waals surface area contributed by atoms with Crippen molar-refractivity contribution < 1.29 is 38.7 Å². The number of carbonyl (C=O) groups is 5. The van der Waals surface area contributed by atoms with Crippen molar-refractivity contribution in [1.82, 2.24) is 30.4 Å². The van der Waals surface area contributed by atoms with Gasteiger partial charge in [-0.25, -0.2) is 0 Å². The zero-order valence-electron chi connectivity index (χ0n) is 49.5. The summed E-state index contributed by atoms with van der Waals surface area (Å²) in [6, 6.07) is 8.87. The number of aryl methyl sites for hydroxylation is 1. The molecule has 3 fully saturated rings. The van der Waals surface area contributed by atoms with Gasteiger partial charge < -0.3 is 55.3 Å². The first-order chi connectivity index (χ1) is 39.4.